The van der Waals surface area contributed by atoms with Crippen molar-refractivity contribution in [3.63, 3.8) is 0 Å². The van der Waals surface area contributed by atoms with Crippen LogP contribution in [0.15, 0.2) is 49.1 Å². The molecule has 0 spiro atoms. The fraction of sp³-hybridized carbons (Fsp3) is 0.333. The van der Waals surface area contributed by atoms with Crippen molar-refractivity contribution in [1.29, 1.82) is 0 Å². The highest BCUT2D eigenvalue weighted by molar-refractivity contribution is 5.94. The highest BCUT2D eigenvalue weighted by Crippen LogP contribution is 2.24. The van der Waals surface area contributed by atoms with Crippen LogP contribution in [0, 0.1) is 0 Å². The zero-order valence-electron chi connectivity index (χ0n) is 14.4. The van der Waals surface area contributed by atoms with Crippen LogP contribution in [-0.2, 0) is 4.74 Å². The first-order valence-electron chi connectivity index (χ1n) is 8.38. The molecule has 1 aliphatic heterocycles. The second-order valence-electron chi connectivity index (χ2n) is 6.28. The highest BCUT2D eigenvalue weighted by atomic mass is 16.5. The summed E-state index contributed by atoms with van der Waals surface area (Å²) in [4.78, 5) is 31.6. The third-order valence-corrected chi connectivity index (χ3v) is 4.33. The molecule has 2 amide bonds. The molecule has 2 heterocycles. The fourth-order valence-electron chi connectivity index (χ4n) is 2.74. The third kappa shape index (κ3) is 4.45. The number of nitrogens with zero attached hydrogens (tertiary/aromatic N) is 2. The van der Waals surface area contributed by atoms with Crippen molar-refractivity contribution in [2.75, 3.05) is 19.7 Å². The molecule has 2 aromatic rings. The van der Waals surface area contributed by atoms with Gasteiger partial charge in [-0.15, -0.1) is 0 Å². The van der Waals surface area contributed by atoms with Crippen molar-refractivity contribution >= 4 is 11.8 Å². The first-order valence-corrected chi connectivity index (χ1v) is 8.38. The van der Waals surface area contributed by atoms with Gasteiger partial charge in [-0.1, -0.05) is 18.2 Å². The minimum Gasteiger partial charge on any atom is -0.387 e. The Morgan fingerprint density at radius 3 is 2.48 bits per heavy atom. The van der Waals surface area contributed by atoms with Crippen molar-refractivity contribution in [3.8, 4) is 0 Å². The molecule has 1 aromatic carbocycles. The number of ether oxygens (including phenoxy) is 1. The number of carbonyl (C=O) groups is 2. The lowest BCUT2D eigenvalue weighted by Crippen LogP contribution is -2.53. The summed E-state index contributed by atoms with van der Waals surface area (Å²) >= 11 is 0. The largest absolute Gasteiger partial charge is 0.387 e. The lowest BCUT2D eigenvalue weighted by molar-refractivity contribution is -0.0464. The molecule has 3 rings (SSSR count). The molecule has 0 saturated carbocycles. The summed E-state index contributed by atoms with van der Waals surface area (Å²) in [5.74, 6) is -0.781. The van der Waals surface area contributed by atoms with Gasteiger partial charge in [0.1, 0.15) is 24.1 Å². The van der Waals surface area contributed by atoms with Gasteiger partial charge in [0.2, 0.25) is 0 Å². The highest BCUT2D eigenvalue weighted by Gasteiger charge is 2.48. The topological polar surface area (TPSA) is 134 Å². The molecule has 27 heavy (non-hydrogen) atoms. The molecular formula is C18H20N4O5. The lowest BCUT2D eigenvalue weighted by atomic mass is 9.96. The third-order valence-electron chi connectivity index (χ3n) is 4.33. The molecule has 4 N–H and O–H groups in total. The maximum atomic E-state index is 12.1. The summed E-state index contributed by atoms with van der Waals surface area (Å²) in [6.45, 7) is -0.360. The van der Waals surface area contributed by atoms with E-state index < -0.39 is 23.7 Å². The second kappa shape index (κ2) is 8.21. The van der Waals surface area contributed by atoms with Crippen LogP contribution in [0.4, 0.5) is 0 Å². The second-order valence-corrected chi connectivity index (χ2v) is 6.28. The first-order chi connectivity index (χ1) is 13.0. The van der Waals surface area contributed by atoms with Gasteiger partial charge in [-0.2, -0.15) is 0 Å². The molecular weight excluding hydrogens is 352 g/mol. The van der Waals surface area contributed by atoms with E-state index in [1.807, 2.05) is 0 Å². The molecule has 142 valence electrons. The number of amides is 2. The van der Waals surface area contributed by atoms with E-state index in [0.29, 0.717) is 5.56 Å². The van der Waals surface area contributed by atoms with E-state index in [9.17, 15) is 19.8 Å². The maximum Gasteiger partial charge on any atom is 0.254 e. The predicted molar refractivity (Wildman–Crippen MR) is 93.8 cm³/mol. The lowest BCUT2D eigenvalue weighted by Gasteiger charge is -2.26. The Morgan fingerprint density at radius 1 is 1.11 bits per heavy atom. The van der Waals surface area contributed by atoms with Crippen LogP contribution in [0.5, 0.6) is 0 Å². The van der Waals surface area contributed by atoms with Gasteiger partial charge in [0.15, 0.2) is 0 Å². The van der Waals surface area contributed by atoms with Crippen LogP contribution >= 0.6 is 0 Å². The average molecular weight is 372 g/mol. The molecule has 0 bridgehead atoms. The Balaban J connectivity index is 1.51. The van der Waals surface area contributed by atoms with E-state index >= 15 is 0 Å². The summed E-state index contributed by atoms with van der Waals surface area (Å²) in [5, 5.41) is 26.1. The quantitative estimate of drug-likeness (QED) is 0.518. The van der Waals surface area contributed by atoms with Crippen LogP contribution in [-0.4, -0.2) is 69.5 Å². The number of hydrogen-bond acceptors (Lipinski definition) is 7. The minimum atomic E-state index is -1.64. The number of benzene rings is 1. The standard InChI is InChI=1S/C18H20N4O5/c23-15-14(8-21-17(25)13-6-19-11-20-7-13)27-10-18(15,26)9-22-16(24)12-4-2-1-3-5-12/h1-7,11,14-15,23,26H,8-10H2,(H,21,25)(H,22,24)/t14-,15-,18+/m1/s1. The normalized spacial score (nSPS) is 24.4. The van der Waals surface area contributed by atoms with Gasteiger partial charge >= 0.3 is 0 Å². The van der Waals surface area contributed by atoms with Gasteiger partial charge in [-0.3, -0.25) is 9.59 Å². The molecule has 1 aromatic heterocycles. The maximum absolute atomic E-state index is 12.1. The number of nitrogens with one attached hydrogen (secondary N) is 2. The van der Waals surface area contributed by atoms with Gasteiger partial charge in [0.05, 0.1) is 18.7 Å². The van der Waals surface area contributed by atoms with E-state index in [1.165, 1.54) is 18.7 Å². The van der Waals surface area contributed by atoms with Gasteiger partial charge in [-0.05, 0) is 12.1 Å². The number of aromatic nitrogens is 2. The zero-order chi connectivity index (χ0) is 19.3. The summed E-state index contributed by atoms with van der Waals surface area (Å²) in [7, 11) is 0. The summed E-state index contributed by atoms with van der Waals surface area (Å²) in [6, 6.07) is 8.54. The fourth-order valence-corrected chi connectivity index (χ4v) is 2.74. The first kappa shape index (κ1) is 18.9. The molecule has 1 saturated heterocycles. The van der Waals surface area contributed by atoms with Crippen LogP contribution in [0.1, 0.15) is 20.7 Å². The molecule has 9 nitrogen and oxygen atoms in total. The molecule has 1 fully saturated rings. The molecule has 9 heteroatoms. The average Bonchev–Trinajstić information content (AvgIpc) is 3.00. The van der Waals surface area contributed by atoms with Gasteiger partial charge in [0, 0.05) is 24.5 Å². The zero-order valence-corrected chi connectivity index (χ0v) is 14.4. The molecule has 0 aliphatic carbocycles. The van der Waals surface area contributed by atoms with E-state index in [-0.39, 0.29) is 31.2 Å². The summed E-state index contributed by atoms with van der Waals surface area (Å²) in [5.41, 5.74) is -0.922. The Morgan fingerprint density at radius 2 is 1.78 bits per heavy atom. The monoisotopic (exact) mass is 372 g/mol. The number of aliphatic hydroxyl groups is 2. The Labute approximate surface area is 155 Å². The Kier molecular flexibility index (Phi) is 5.75. The molecule has 1 aliphatic rings. The van der Waals surface area contributed by atoms with Crippen molar-refractivity contribution in [1.82, 2.24) is 20.6 Å². The number of rotatable bonds is 6. The van der Waals surface area contributed by atoms with Crippen LogP contribution < -0.4 is 10.6 Å². The SMILES string of the molecule is O=C(NC[C@H]1OC[C@@](O)(CNC(=O)c2ccccc2)[C@@H]1O)c1cncnc1. The molecule has 3 atom stereocenters. The van der Waals surface area contributed by atoms with Gasteiger partial charge in [-0.25, -0.2) is 9.97 Å². The van der Waals surface area contributed by atoms with Gasteiger partial charge in [0.25, 0.3) is 11.8 Å². The summed E-state index contributed by atoms with van der Waals surface area (Å²) in [6.07, 6.45) is 1.95. The minimum absolute atomic E-state index is 0.0101. The number of hydrogen-bond donors (Lipinski definition) is 4. The van der Waals surface area contributed by atoms with Crippen LogP contribution in [0.3, 0.4) is 0 Å². The van der Waals surface area contributed by atoms with E-state index in [1.54, 1.807) is 30.3 Å². The summed E-state index contributed by atoms with van der Waals surface area (Å²) < 4.78 is 5.41. The number of aliphatic hydroxyl groups excluding tert-OH is 1. The molecule has 0 radical (unpaired) electrons. The van der Waals surface area contributed by atoms with Crippen LogP contribution in [0.25, 0.3) is 0 Å². The number of carbonyl (C=O) groups excluding carboxylic acids is 2. The van der Waals surface area contributed by atoms with Crippen molar-refractivity contribution < 1.29 is 24.5 Å². The van der Waals surface area contributed by atoms with Crippen molar-refractivity contribution in [3.05, 3.63) is 60.2 Å². The van der Waals surface area contributed by atoms with E-state index in [2.05, 4.69) is 20.6 Å². The molecule has 0 unspecified atom stereocenters. The Bertz CT molecular complexity index is 789. The van der Waals surface area contributed by atoms with Crippen molar-refractivity contribution in [2.45, 2.75) is 17.8 Å². The van der Waals surface area contributed by atoms with Gasteiger partial charge < -0.3 is 25.6 Å². The Hall–Kier alpha value is -2.88. The predicted octanol–water partition coefficient (Wildman–Crippen LogP) is -0.873. The van der Waals surface area contributed by atoms with Crippen LogP contribution in [0.2, 0.25) is 0 Å². The van der Waals surface area contributed by atoms with E-state index in [0.717, 1.165) is 0 Å². The smallest absolute Gasteiger partial charge is 0.254 e. The van der Waals surface area contributed by atoms with E-state index in [4.69, 9.17) is 4.74 Å². The van der Waals surface area contributed by atoms with Crippen molar-refractivity contribution in [2.24, 2.45) is 0 Å².